The van der Waals surface area contributed by atoms with Gasteiger partial charge in [-0.25, -0.2) is 0 Å². The predicted octanol–water partition coefficient (Wildman–Crippen LogP) is 3.53. The fourth-order valence-corrected chi connectivity index (χ4v) is 1.45. The first-order chi connectivity index (χ1) is 6.24. The summed E-state index contributed by atoms with van der Waals surface area (Å²) in [5, 5.41) is 3.17. The quantitative estimate of drug-likeness (QED) is 0.801. The van der Waals surface area contributed by atoms with Gasteiger partial charge in [0.1, 0.15) is 0 Å². The van der Waals surface area contributed by atoms with Crippen LogP contribution in [0.2, 0.25) is 0 Å². The van der Waals surface area contributed by atoms with Crippen molar-refractivity contribution in [3.63, 3.8) is 0 Å². The lowest BCUT2D eigenvalue weighted by atomic mass is 10.2. The highest BCUT2D eigenvalue weighted by molar-refractivity contribution is 9.10. The molecule has 72 valence electrons. The van der Waals surface area contributed by atoms with Gasteiger partial charge in [-0.1, -0.05) is 6.07 Å². The molecule has 0 fully saturated rings. The van der Waals surface area contributed by atoms with E-state index in [0.717, 1.165) is 10.2 Å². The molecule has 0 radical (unpaired) electrons. The second-order valence-corrected chi connectivity index (χ2v) is 3.81. The fraction of sp³-hybridized carbons (Fsp3) is 0.400. The third-order valence-electron chi connectivity index (χ3n) is 1.75. The summed E-state index contributed by atoms with van der Waals surface area (Å²) in [6.45, 7) is 2.45. The minimum Gasteiger partial charge on any atom is -0.384 e. The summed E-state index contributed by atoms with van der Waals surface area (Å²) in [5.74, 6) is 0. The van der Waals surface area contributed by atoms with Gasteiger partial charge in [0.15, 0.2) is 0 Å². The number of halogens is 2. The highest BCUT2D eigenvalue weighted by Gasteiger charge is 1.98. The molecule has 0 aliphatic heterocycles. The van der Waals surface area contributed by atoms with Crippen molar-refractivity contribution < 1.29 is 4.39 Å². The number of benzene rings is 1. The van der Waals surface area contributed by atoms with Crippen LogP contribution in [0, 0.1) is 6.92 Å². The number of rotatable bonds is 4. The van der Waals surface area contributed by atoms with Gasteiger partial charge in [0, 0.05) is 16.7 Å². The van der Waals surface area contributed by atoms with Crippen molar-refractivity contribution in [2.24, 2.45) is 0 Å². The molecule has 0 heterocycles. The van der Waals surface area contributed by atoms with Crippen LogP contribution in [0.25, 0.3) is 0 Å². The van der Waals surface area contributed by atoms with Crippen LogP contribution in [0.5, 0.6) is 0 Å². The van der Waals surface area contributed by atoms with Gasteiger partial charge in [-0.15, -0.1) is 0 Å². The number of hydrogen-bond donors (Lipinski definition) is 1. The number of aryl methyl sites for hydroxylation is 1. The van der Waals surface area contributed by atoms with Gasteiger partial charge in [0.05, 0.1) is 6.67 Å². The smallest absolute Gasteiger partial charge is 0.0911 e. The lowest BCUT2D eigenvalue weighted by Gasteiger charge is -2.07. The summed E-state index contributed by atoms with van der Waals surface area (Å²) in [6, 6.07) is 6.07. The molecule has 0 amide bonds. The van der Waals surface area contributed by atoms with E-state index >= 15 is 0 Å². The molecule has 0 atom stereocenters. The zero-order valence-electron chi connectivity index (χ0n) is 7.61. The van der Waals surface area contributed by atoms with Gasteiger partial charge in [-0.3, -0.25) is 4.39 Å². The van der Waals surface area contributed by atoms with Crippen LogP contribution in [0.15, 0.2) is 22.7 Å². The molecule has 0 saturated heterocycles. The van der Waals surface area contributed by atoms with Crippen LogP contribution < -0.4 is 5.32 Å². The maximum atomic E-state index is 11.8. The Bertz CT molecular complexity index is 276. The standard InChI is InChI=1S/C10H13BrFN/c1-8-3-4-9(11)10(7-8)13-6-2-5-12/h3-4,7,13H,2,5-6H2,1H3. The van der Waals surface area contributed by atoms with E-state index < -0.39 is 0 Å². The van der Waals surface area contributed by atoms with Crippen molar-refractivity contribution in [2.75, 3.05) is 18.5 Å². The Hall–Kier alpha value is -0.570. The predicted molar refractivity (Wildman–Crippen MR) is 58.0 cm³/mol. The van der Waals surface area contributed by atoms with Gasteiger partial charge < -0.3 is 5.32 Å². The first-order valence-corrected chi connectivity index (χ1v) is 5.09. The lowest BCUT2D eigenvalue weighted by molar-refractivity contribution is 0.481. The van der Waals surface area contributed by atoms with E-state index in [2.05, 4.69) is 21.2 Å². The van der Waals surface area contributed by atoms with Gasteiger partial charge in [-0.05, 0) is 47.0 Å². The molecule has 1 N–H and O–H groups in total. The summed E-state index contributed by atoms with van der Waals surface area (Å²) in [5.41, 5.74) is 2.24. The number of alkyl halides is 1. The van der Waals surface area contributed by atoms with E-state index in [1.807, 2.05) is 25.1 Å². The van der Waals surface area contributed by atoms with Crippen LogP contribution in [-0.4, -0.2) is 13.2 Å². The Morgan fingerprint density at radius 2 is 2.23 bits per heavy atom. The molecule has 1 aromatic carbocycles. The minimum atomic E-state index is -0.267. The van der Waals surface area contributed by atoms with Crippen molar-refractivity contribution >= 4 is 21.6 Å². The van der Waals surface area contributed by atoms with Crippen molar-refractivity contribution in [1.82, 2.24) is 0 Å². The second kappa shape index (κ2) is 5.22. The van der Waals surface area contributed by atoms with E-state index in [0.29, 0.717) is 13.0 Å². The SMILES string of the molecule is Cc1ccc(Br)c(NCCCF)c1. The highest BCUT2D eigenvalue weighted by atomic mass is 79.9. The Morgan fingerprint density at radius 3 is 2.92 bits per heavy atom. The molecule has 0 aliphatic rings. The molecule has 0 unspecified atom stereocenters. The topological polar surface area (TPSA) is 12.0 Å². The average molecular weight is 246 g/mol. The van der Waals surface area contributed by atoms with E-state index in [-0.39, 0.29) is 6.67 Å². The first-order valence-electron chi connectivity index (χ1n) is 4.30. The van der Waals surface area contributed by atoms with Gasteiger partial charge in [0.25, 0.3) is 0 Å². The van der Waals surface area contributed by atoms with Gasteiger partial charge in [0.2, 0.25) is 0 Å². The van der Waals surface area contributed by atoms with Crippen molar-refractivity contribution in [2.45, 2.75) is 13.3 Å². The molecule has 0 bridgehead atoms. The van der Waals surface area contributed by atoms with Crippen molar-refractivity contribution in [1.29, 1.82) is 0 Å². The molecule has 0 saturated carbocycles. The van der Waals surface area contributed by atoms with Crippen LogP contribution in [0.1, 0.15) is 12.0 Å². The zero-order chi connectivity index (χ0) is 9.68. The zero-order valence-corrected chi connectivity index (χ0v) is 9.20. The van der Waals surface area contributed by atoms with E-state index in [9.17, 15) is 4.39 Å². The maximum absolute atomic E-state index is 11.8. The summed E-state index contributed by atoms with van der Waals surface area (Å²) in [7, 11) is 0. The summed E-state index contributed by atoms with van der Waals surface area (Å²) in [6.07, 6.45) is 0.556. The Balaban J connectivity index is 2.59. The molecule has 1 rings (SSSR count). The van der Waals surface area contributed by atoms with Crippen molar-refractivity contribution in [3.05, 3.63) is 28.2 Å². The monoisotopic (exact) mass is 245 g/mol. The number of hydrogen-bond acceptors (Lipinski definition) is 1. The van der Waals surface area contributed by atoms with E-state index in [1.165, 1.54) is 5.56 Å². The maximum Gasteiger partial charge on any atom is 0.0911 e. The highest BCUT2D eigenvalue weighted by Crippen LogP contribution is 2.23. The number of nitrogens with one attached hydrogen (secondary N) is 1. The minimum absolute atomic E-state index is 0.267. The molecule has 0 aliphatic carbocycles. The van der Waals surface area contributed by atoms with Crippen LogP contribution >= 0.6 is 15.9 Å². The average Bonchev–Trinajstić information content (AvgIpc) is 2.11. The molecular weight excluding hydrogens is 233 g/mol. The van der Waals surface area contributed by atoms with Crippen LogP contribution in [-0.2, 0) is 0 Å². The third-order valence-corrected chi connectivity index (χ3v) is 2.44. The second-order valence-electron chi connectivity index (χ2n) is 2.95. The summed E-state index contributed by atoms with van der Waals surface area (Å²) < 4.78 is 12.8. The molecule has 13 heavy (non-hydrogen) atoms. The Labute approximate surface area is 86.5 Å². The van der Waals surface area contributed by atoms with E-state index in [1.54, 1.807) is 0 Å². The molecule has 1 nitrogen and oxygen atoms in total. The Morgan fingerprint density at radius 1 is 1.46 bits per heavy atom. The van der Waals surface area contributed by atoms with Crippen LogP contribution in [0.3, 0.4) is 0 Å². The molecule has 0 spiro atoms. The largest absolute Gasteiger partial charge is 0.384 e. The summed E-state index contributed by atoms with van der Waals surface area (Å²) in [4.78, 5) is 0. The van der Waals surface area contributed by atoms with Crippen molar-refractivity contribution in [3.8, 4) is 0 Å². The summed E-state index contributed by atoms with van der Waals surface area (Å²) >= 11 is 3.43. The third kappa shape index (κ3) is 3.35. The lowest BCUT2D eigenvalue weighted by Crippen LogP contribution is -2.02. The normalized spacial score (nSPS) is 10.1. The van der Waals surface area contributed by atoms with Crippen LogP contribution in [0.4, 0.5) is 10.1 Å². The molecule has 1 aromatic rings. The fourth-order valence-electron chi connectivity index (χ4n) is 1.06. The number of anilines is 1. The molecule has 0 aromatic heterocycles. The Kier molecular flexibility index (Phi) is 4.22. The molecular formula is C10H13BrFN. The van der Waals surface area contributed by atoms with Gasteiger partial charge in [-0.2, -0.15) is 0 Å². The molecule has 3 heteroatoms. The van der Waals surface area contributed by atoms with Gasteiger partial charge >= 0.3 is 0 Å². The van der Waals surface area contributed by atoms with E-state index in [4.69, 9.17) is 0 Å². The first kappa shape index (κ1) is 10.5.